The number of rotatable bonds is 3. The molecule has 4 heteroatoms. The van der Waals surface area contributed by atoms with Gasteiger partial charge in [0.2, 0.25) is 0 Å². The van der Waals surface area contributed by atoms with E-state index in [1.54, 1.807) is 13.0 Å². The Morgan fingerprint density at radius 1 is 1.57 bits per heavy atom. The number of aliphatic carboxylic acids is 1. The van der Waals surface area contributed by atoms with Gasteiger partial charge in [0.15, 0.2) is 0 Å². The van der Waals surface area contributed by atoms with Crippen molar-refractivity contribution in [1.29, 1.82) is 0 Å². The van der Waals surface area contributed by atoms with E-state index < -0.39 is 24.3 Å². The van der Waals surface area contributed by atoms with E-state index in [9.17, 15) is 14.3 Å². The van der Waals surface area contributed by atoms with E-state index in [4.69, 9.17) is 5.11 Å². The third-order valence-corrected chi connectivity index (χ3v) is 1.88. The van der Waals surface area contributed by atoms with E-state index in [1.807, 2.05) is 0 Å². The summed E-state index contributed by atoms with van der Waals surface area (Å²) in [6, 6.07) is 4.23. The number of aliphatic hydroxyl groups is 1. The van der Waals surface area contributed by atoms with Gasteiger partial charge in [0.05, 0.1) is 12.5 Å². The van der Waals surface area contributed by atoms with Crippen molar-refractivity contribution in [3.05, 3.63) is 35.1 Å². The molecule has 0 heterocycles. The Hall–Kier alpha value is -1.42. The third kappa shape index (κ3) is 2.53. The summed E-state index contributed by atoms with van der Waals surface area (Å²) in [5.41, 5.74) is 0.818. The monoisotopic (exact) mass is 198 g/mol. The van der Waals surface area contributed by atoms with Crippen LogP contribution in [0.25, 0.3) is 0 Å². The highest BCUT2D eigenvalue weighted by molar-refractivity contribution is 5.67. The maximum atomic E-state index is 13.1. The van der Waals surface area contributed by atoms with Crippen LogP contribution in [0.3, 0.4) is 0 Å². The lowest BCUT2D eigenvalue weighted by atomic mass is 10.0. The fourth-order valence-corrected chi connectivity index (χ4v) is 1.19. The van der Waals surface area contributed by atoms with E-state index in [0.717, 1.165) is 5.56 Å². The predicted molar refractivity (Wildman–Crippen MR) is 48.3 cm³/mol. The van der Waals surface area contributed by atoms with E-state index in [2.05, 4.69) is 0 Å². The molecule has 1 rings (SSSR count). The van der Waals surface area contributed by atoms with Gasteiger partial charge >= 0.3 is 5.97 Å². The van der Waals surface area contributed by atoms with Gasteiger partial charge < -0.3 is 10.2 Å². The molecule has 0 unspecified atom stereocenters. The van der Waals surface area contributed by atoms with Crippen LogP contribution in [-0.4, -0.2) is 16.2 Å². The van der Waals surface area contributed by atoms with Gasteiger partial charge in [-0.1, -0.05) is 17.7 Å². The van der Waals surface area contributed by atoms with Crippen LogP contribution < -0.4 is 0 Å². The summed E-state index contributed by atoms with van der Waals surface area (Å²) in [7, 11) is 0. The Balaban J connectivity index is 2.93. The van der Waals surface area contributed by atoms with Crippen LogP contribution in [0.4, 0.5) is 4.39 Å². The van der Waals surface area contributed by atoms with Crippen LogP contribution >= 0.6 is 0 Å². The first kappa shape index (κ1) is 10.7. The van der Waals surface area contributed by atoms with Gasteiger partial charge in [0, 0.05) is 5.56 Å². The molecule has 0 bridgehead atoms. The summed E-state index contributed by atoms with van der Waals surface area (Å²) in [6.07, 6.45) is -1.77. The molecule has 0 spiro atoms. The standard InChI is InChI=1S/C10H11FO3/c1-6-2-3-8(11)7(4-6)9(12)5-10(13)14/h2-4,9,12H,5H2,1H3,(H,13,14)/t9-/m0/s1. The van der Waals surface area contributed by atoms with Gasteiger partial charge in [-0.25, -0.2) is 4.39 Å². The molecule has 3 nitrogen and oxygen atoms in total. The van der Waals surface area contributed by atoms with Crippen LogP contribution in [0.1, 0.15) is 23.7 Å². The summed E-state index contributed by atoms with van der Waals surface area (Å²) in [6.45, 7) is 1.75. The number of carboxylic acids is 1. The predicted octanol–water partition coefficient (Wildman–Crippen LogP) is 1.64. The zero-order valence-corrected chi connectivity index (χ0v) is 7.70. The van der Waals surface area contributed by atoms with E-state index in [0.29, 0.717) is 0 Å². The number of carbonyl (C=O) groups is 1. The van der Waals surface area contributed by atoms with Crippen LogP contribution in [0.15, 0.2) is 18.2 Å². The quantitative estimate of drug-likeness (QED) is 0.776. The molecular formula is C10H11FO3. The van der Waals surface area contributed by atoms with Crippen molar-refractivity contribution < 1.29 is 19.4 Å². The van der Waals surface area contributed by atoms with Crippen molar-refractivity contribution in [3.8, 4) is 0 Å². The Labute approximate surface area is 80.8 Å². The molecule has 2 N–H and O–H groups in total. The van der Waals surface area contributed by atoms with Crippen molar-refractivity contribution in [2.24, 2.45) is 0 Å². The molecule has 0 aromatic heterocycles. The number of benzene rings is 1. The van der Waals surface area contributed by atoms with Crippen LogP contribution in [0, 0.1) is 12.7 Å². The molecule has 1 atom stereocenters. The van der Waals surface area contributed by atoms with Gasteiger partial charge in [-0.3, -0.25) is 4.79 Å². The lowest BCUT2D eigenvalue weighted by Crippen LogP contribution is -2.07. The summed E-state index contributed by atoms with van der Waals surface area (Å²) >= 11 is 0. The minimum absolute atomic E-state index is 0.0346. The van der Waals surface area contributed by atoms with E-state index >= 15 is 0 Å². The van der Waals surface area contributed by atoms with Gasteiger partial charge in [0.25, 0.3) is 0 Å². The Morgan fingerprint density at radius 3 is 2.79 bits per heavy atom. The molecule has 0 aliphatic rings. The smallest absolute Gasteiger partial charge is 0.306 e. The topological polar surface area (TPSA) is 57.5 Å². The Bertz CT molecular complexity index is 349. The van der Waals surface area contributed by atoms with Gasteiger partial charge in [-0.15, -0.1) is 0 Å². The molecule has 76 valence electrons. The number of hydrogen-bond donors (Lipinski definition) is 2. The molecule has 0 fully saturated rings. The van der Waals surface area contributed by atoms with Crippen LogP contribution in [0.2, 0.25) is 0 Å². The first-order chi connectivity index (χ1) is 6.50. The molecule has 0 radical (unpaired) electrons. The molecule has 0 saturated carbocycles. The maximum Gasteiger partial charge on any atom is 0.306 e. The lowest BCUT2D eigenvalue weighted by molar-refractivity contribution is -0.139. The zero-order valence-electron chi connectivity index (χ0n) is 7.70. The first-order valence-corrected chi connectivity index (χ1v) is 4.16. The second kappa shape index (κ2) is 4.19. The van der Waals surface area contributed by atoms with Crippen molar-refractivity contribution >= 4 is 5.97 Å². The number of hydrogen-bond acceptors (Lipinski definition) is 2. The minimum atomic E-state index is -1.28. The average molecular weight is 198 g/mol. The number of aliphatic hydroxyl groups excluding tert-OH is 1. The summed E-state index contributed by atoms with van der Waals surface area (Å²) in [5, 5.41) is 17.8. The summed E-state index contributed by atoms with van der Waals surface area (Å²) in [4.78, 5) is 10.3. The summed E-state index contributed by atoms with van der Waals surface area (Å²) < 4.78 is 13.1. The van der Waals surface area contributed by atoms with Crippen molar-refractivity contribution in [2.45, 2.75) is 19.4 Å². The number of aryl methyl sites for hydroxylation is 1. The largest absolute Gasteiger partial charge is 0.481 e. The molecular weight excluding hydrogens is 187 g/mol. The van der Waals surface area contributed by atoms with Crippen molar-refractivity contribution in [1.82, 2.24) is 0 Å². The molecule has 0 aliphatic carbocycles. The fourth-order valence-electron chi connectivity index (χ4n) is 1.19. The minimum Gasteiger partial charge on any atom is -0.481 e. The van der Waals surface area contributed by atoms with Gasteiger partial charge in [-0.2, -0.15) is 0 Å². The molecule has 0 amide bonds. The molecule has 0 aliphatic heterocycles. The highest BCUT2D eigenvalue weighted by Gasteiger charge is 2.15. The van der Waals surface area contributed by atoms with Crippen molar-refractivity contribution in [2.75, 3.05) is 0 Å². The second-order valence-electron chi connectivity index (χ2n) is 3.14. The van der Waals surface area contributed by atoms with Gasteiger partial charge in [-0.05, 0) is 13.0 Å². The maximum absolute atomic E-state index is 13.1. The average Bonchev–Trinajstić information content (AvgIpc) is 2.08. The lowest BCUT2D eigenvalue weighted by Gasteiger charge is -2.09. The Morgan fingerprint density at radius 2 is 2.21 bits per heavy atom. The Kier molecular flexibility index (Phi) is 3.19. The van der Waals surface area contributed by atoms with Crippen molar-refractivity contribution in [3.63, 3.8) is 0 Å². The van der Waals surface area contributed by atoms with Gasteiger partial charge in [0.1, 0.15) is 5.82 Å². The zero-order chi connectivity index (χ0) is 10.7. The SMILES string of the molecule is Cc1ccc(F)c([C@@H](O)CC(=O)O)c1. The van der Waals surface area contributed by atoms with E-state index in [1.165, 1.54) is 12.1 Å². The highest BCUT2D eigenvalue weighted by Crippen LogP contribution is 2.21. The third-order valence-electron chi connectivity index (χ3n) is 1.88. The first-order valence-electron chi connectivity index (χ1n) is 4.16. The number of carboxylic acid groups (broad SMARTS) is 1. The normalized spacial score (nSPS) is 12.5. The van der Waals surface area contributed by atoms with Crippen LogP contribution in [0.5, 0.6) is 0 Å². The number of halogens is 1. The molecule has 1 aromatic carbocycles. The summed E-state index contributed by atoms with van der Waals surface area (Å²) in [5.74, 6) is -1.73. The highest BCUT2D eigenvalue weighted by atomic mass is 19.1. The molecule has 14 heavy (non-hydrogen) atoms. The van der Waals surface area contributed by atoms with Crippen LogP contribution in [-0.2, 0) is 4.79 Å². The fraction of sp³-hybridized carbons (Fsp3) is 0.300. The molecule has 0 saturated heterocycles. The molecule has 1 aromatic rings. The van der Waals surface area contributed by atoms with E-state index in [-0.39, 0.29) is 5.56 Å². The second-order valence-corrected chi connectivity index (χ2v) is 3.14.